The van der Waals surface area contributed by atoms with Crippen molar-refractivity contribution in [2.75, 3.05) is 13.6 Å². The minimum absolute atomic E-state index is 0.0262. The molecule has 4 nitrogen and oxygen atoms in total. The van der Waals surface area contributed by atoms with Crippen molar-refractivity contribution < 1.29 is 14.1 Å². The van der Waals surface area contributed by atoms with Crippen LogP contribution in [0.15, 0.2) is 17.1 Å². The van der Waals surface area contributed by atoms with Crippen LogP contribution in [0, 0.1) is 0 Å². The zero-order valence-electron chi connectivity index (χ0n) is 7.65. The fourth-order valence-electron chi connectivity index (χ4n) is 1.92. The quantitative estimate of drug-likeness (QED) is 0.528. The summed E-state index contributed by atoms with van der Waals surface area (Å²) in [5, 5.41) is 0. The van der Waals surface area contributed by atoms with E-state index in [4.69, 9.17) is 0 Å². The molecular formula is C9H11N2O2+. The normalized spacial score (nSPS) is 36.3. The number of hydrogen-bond acceptors (Lipinski definition) is 3. The highest BCUT2D eigenvalue weighted by atomic mass is 16.2. The van der Waals surface area contributed by atoms with E-state index in [1.807, 2.05) is 0 Å². The predicted octanol–water partition coefficient (Wildman–Crippen LogP) is -0.101. The second-order valence-corrected chi connectivity index (χ2v) is 3.57. The molecule has 0 aromatic rings. The van der Waals surface area contributed by atoms with Gasteiger partial charge in [-0.15, -0.1) is 0 Å². The van der Waals surface area contributed by atoms with Crippen LogP contribution in [0.1, 0.15) is 6.92 Å². The van der Waals surface area contributed by atoms with Crippen molar-refractivity contribution in [2.24, 2.45) is 4.99 Å². The topological polar surface area (TPSA) is 46.5 Å². The van der Waals surface area contributed by atoms with Gasteiger partial charge in [-0.2, -0.15) is 0 Å². The van der Waals surface area contributed by atoms with Crippen LogP contribution in [0.2, 0.25) is 0 Å². The summed E-state index contributed by atoms with van der Waals surface area (Å²) < 4.78 is 0.0509. The van der Waals surface area contributed by atoms with Crippen LogP contribution in [0.25, 0.3) is 0 Å². The average Bonchev–Trinajstić information content (AvgIpc) is 2.50. The molecule has 2 atom stereocenters. The highest BCUT2D eigenvalue weighted by Gasteiger charge is 2.52. The van der Waals surface area contributed by atoms with Crippen LogP contribution in [-0.2, 0) is 9.59 Å². The van der Waals surface area contributed by atoms with Crippen LogP contribution in [-0.4, -0.2) is 41.6 Å². The monoisotopic (exact) mass is 179 g/mol. The molecule has 13 heavy (non-hydrogen) atoms. The highest BCUT2D eigenvalue weighted by molar-refractivity contribution is 6.09. The van der Waals surface area contributed by atoms with Crippen molar-refractivity contribution in [1.82, 2.24) is 0 Å². The number of ketones is 1. The summed E-state index contributed by atoms with van der Waals surface area (Å²) >= 11 is 0. The van der Waals surface area contributed by atoms with Gasteiger partial charge in [-0.25, -0.2) is 14.3 Å². The first-order valence-corrected chi connectivity index (χ1v) is 4.21. The zero-order chi connectivity index (χ0) is 9.64. The summed E-state index contributed by atoms with van der Waals surface area (Å²) in [6, 6.07) is -0.308. The van der Waals surface area contributed by atoms with E-state index in [0.717, 1.165) is 0 Å². The number of aliphatic imine (C=N–C) groups is 1. The molecule has 1 amide bonds. The molecule has 2 aliphatic heterocycles. The second-order valence-electron chi connectivity index (χ2n) is 3.57. The average molecular weight is 179 g/mol. The Balaban J connectivity index is 2.45. The molecule has 0 spiro atoms. The molecule has 2 heterocycles. The van der Waals surface area contributed by atoms with Gasteiger partial charge in [0.2, 0.25) is 5.84 Å². The van der Waals surface area contributed by atoms with E-state index in [-0.39, 0.29) is 22.2 Å². The maximum absolute atomic E-state index is 11.5. The van der Waals surface area contributed by atoms with Crippen LogP contribution in [0.3, 0.4) is 0 Å². The largest absolute Gasteiger partial charge is 0.345 e. The van der Waals surface area contributed by atoms with Gasteiger partial charge < -0.3 is 0 Å². The SMILES string of the molecule is CC(=O)C1CN=C2C=CC(=O)[N+]21C. The number of amides is 1. The Kier molecular flexibility index (Phi) is 1.51. The third-order valence-electron chi connectivity index (χ3n) is 2.83. The summed E-state index contributed by atoms with van der Waals surface area (Å²) in [5.41, 5.74) is 0. The molecule has 0 saturated heterocycles. The van der Waals surface area contributed by atoms with Gasteiger partial charge in [0.1, 0.15) is 6.54 Å². The molecule has 2 unspecified atom stereocenters. The minimum Gasteiger partial charge on any atom is -0.293 e. The number of carbonyl (C=O) groups is 2. The lowest BCUT2D eigenvalue weighted by atomic mass is 10.1. The van der Waals surface area contributed by atoms with Crippen molar-refractivity contribution in [3.63, 3.8) is 0 Å². The number of fused-ring (bicyclic) bond motifs is 1. The Morgan fingerprint density at radius 1 is 1.62 bits per heavy atom. The molecule has 0 bridgehead atoms. The standard InChI is InChI=1S/C9H11N2O2/c1-6(12)7-5-10-8-3-4-9(13)11(7,8)2/h3-4,7H,5H2,1-2H3/q+1. The Morgan fingerprint density at radius 3 is 2.92 bits per heavy atom. The van der Waals surface area contributed by atoms with Crippen molar-refractivity contribution in [2.45, 2.75) is 13.0 Å². The van der Waals surface area contributed by atoms with Crippen LogP contribution in [0.5, 0.6) is 0 Å². The third-order valence-corrected chi connectivity index (χ3v) is 2.83. The molecule has 0 aromatic heterocycles. The molecule has 0 fully saturated rings. The fourth-order valence-corrected chi connectivity index (χ4v) is 1.92. The number of likely N-dealkylation sites (N-methyl/N-ethyl adjacent to an activating group) is 1. The molecular weight excluding hydrogens is 168 g/mol. The Bertz CT molecular complexity index is 357. The lowest BCUT2D eigenvalue weighted by molar-refractivity contribution is -0.745. The minimum atomic E-state index is -0.308. The van der Waals surface area contributed by atoms with Crippen molar-refractivity contribution >= 4 is 17.5 Å². The summed E-state index contributed by atoms with van der Waals surface area (Å²) in [7, 11) is 1.75. The number of nitrogens with zero attached hydrogens (tertiary/aromatic N) is 2. The smallest absolute Gasteiger partial charge is 0.293 e. The number of amidine groups is 1. The van der Waals surface area contributed by atoms with E-state index in [1.54, 1.807) is 13.1 Å². The maximum atomic E-state index is 11.5. The van der Waals surface area contributed by atoms with Crippen molar-refractivity contribution in [3.8, 4) is 0 Å². The van der Waals surface area contributed by atoms with Gasteiger partial charge in [0.15, 0.2) is 11.8 Å². The number of hydrogen-bond donors (Lipinski definition) is 0. The fraction of sp³-hybridized carbons (Fsp3) is 0.444. The Hall–Kier alpha value is -1.29. The van der Waals surface area contributed by atoms with E-state index < -0.39 is 0 Å². The summed E-state index contributed by atoms with van der Waals surface area (Å²) in [4.78, 5) is 27.0. The van der Waals surface area contributed by atoms with Gasteiger partial charge in [0.25, 0.3) is 0 Å². The summed E-state index contributed by atoms with van der Waals surface area (Å²) in [5.74, 6) is 0.694. The molecule has 0 radical (unpaired) electrons. The first-order valence-electron chi connectivity index (χ1n) is 4.21. The lowest BCUT2D eigenvalue weighted by Crippen LogP contribution is -2.56. The van der Waals surface area contributed by atoms with Crippen molar-refractivity contribution in [3.05, 3.63) is 12.2 Å². The number of Topliss-reactive ketones (excluding diaryl/α,β-unsaturated/α-hetero) is 1. The molecule has 0 N–H and O–H groups in total. The van der Waals surface area contributed by atoms with E-state index >= 15 is 0 Å². The highest BCUT2D eigenvalue weighted by Crippen LogP contribution is 2.26. The van der Waals surface area contributed by atoms with E-state index in [1.165, 1.54) is 13.0 Å². The van der Waals surface area contributed by atoms with E-state index in [0.29, 0.717) is 12.4 Å². The molecule has 0 saturated carbocycles. The molecule has 0 aromatic carbocycles. The lowest BCUT2D eigenvalue weighted by Gasteiger charge is -2.27. The van der Waals surface area contributed by atoms with Gasteiger partial charge in [-0.05, 0) is 0 Å². The van der Waals surface area contributed by atoms with Gasteiger partial charge >= 0.3 is 5.91 Å². The van der Waals surface area contributed by atoms with Gasteiger partial charge in [0, 0.05) is 13.0 Å². The number of rotatable bonds is 1. The van der Waals surface area contributed by atoms with Crippen LogP contribution >= 0.6 is 0 Å². The first-order chi connectivity index (χ1) is 6.06. The van der Waals surface area contributed by atoms with Gasteiger partial charge in [0.05, 0.1) is 13.1 Å². The third kappa shape index (κ3) is 0.862. The summed E-state index contributed by atoms with van der Waals surface area (Å²) in [6.45, 7) is 1.95. The molecule has 4 heteroatoms. The van der Waals surface area contributed by atoms with Crippen LogP contribution < -0.4 is 0 Å². The van der Waals surface area contributed by atoms with Crippen LogP contribution in [0.4, 0.5) is 0 Å². The zero-order valence-corrected chi connectivity index (χ0v) is 7.65. The van der Waals surface area contributed by atoms with Crippen molar-refractivity contribution in [1.29, 1.82) is 0 Å². The molecule has 2 rings (SSSR count). The maximum Gasteiger partial charge on any atom is 0.345 e. The first kappa shape index (κ1) is 8.31. The van der Waals surface area contributed by atoms with E-state index in [9.17, 15) is 9.59 Å². The number of carbonyl (C=O) groups excluding carboxylic acids is 2. The molecule has 2 aliphatic rings. The van der Waals surface area contributed by atoms with Gasteiger partial charge in [-0.1, -0.05) is 0 Å². The number of quaternary nitrogens is 1. The Morgan fingerprint density at radius 2 is 2.31 bits per heavy atom. The second kappa shape index (κ2) is 2.35. The summed E-state index contributed by atoms with van der Waals surface area (Å²) in [6.07, 6.45) is 3.19. The Labute approximate surface area is 76.1 Å². The molecule has 0 aliphatic carbocycles. The molecule has 68 valence electrons. The van der Waals surface area contributed by atoms with Gasteiger partial charge in [-0.3, -0.25) is 4.79 Å². The van der Waals surface area contributed by atoms with E-state index in [2.05, 4.69) is 4.99 Å². The predicted molar refractivity (Wildman–Crippen MR) is 47.1 cm³/mol.